The van der Waals surface area contributed by atoms with E-state index < -0.39 is 24.5 Å². The molecule has 0 spiro atoms. The number of rotatable bonds is 5. The molecule has 3 aromatic rings. The molecule has 160 valence electrons. The van der Waals surface area contributed by atoms with E-state index in [9.17, 15) is 31.6 Å². The van der Waals surface area contributed by atoms with Gasteiger partial charge in [0.25, 0.3) is 0 Å². The largest absolute Gasteiger partial charge is 0.468 e. The molecule has 11 heteroatoms. The molecule has 5 nitrogen and oxygen atoms in total. The lowest BCUT2D eigenvalue weighted by Gasteiger charge is -2.11. The molecular weight excluding hydrogens is 428 g/mol. The van der Waals surface area contributed by atoms with E-state index in [-0.39, 0.29) is 28.8 Å². The number of aromatic nitrogens is 2. The fourth-order valence-electron chi connectivity index (χ4n) is 2.41. The van der Waals surface area contributed by atoms with Crippen molar-refractivity contribution in [2.75, 3.05) is 6.61 Å². The third-order valence-electron chi connectivity index (χ3n) is 3.75. The number of nitrogens with zero attached hydrogens (tertiary/aromatic N) is 3. The second-order valence-electron chi connectivity index (χ2n) is 6.10. The molecule has 3 rings (SSSR count). The zero-order valence-electron chi connectivity index (χ0n) is 15.3. The van der Waals surface area contributed by atoms with Crippen molar-refractivity contribution < 1.29 is 35.8 Å². The molecule has 0 bridgehead atoms. The zero-order valence-corrected chi connectivity index (χ0v) is 15.3. The molecule has 0 amide bonds. The van der Waals surface area contributed by atoms with Crippen LogP contribution in [-0.4, -0.2) is 22.8 Å². The van der Waals surface area contributed by atoms with E-state index in [1.165, 1.54) is 30.3 Å². The fourth-order valence-corrected chi connectivity index (χ4v) is 2.41. The molecule has 0 radical (unpaired) electrons. The Morgan fingerprint density at radius 2 is 1.61 bits per heavy atom. The topological polar surface area (TPSA) is 68.0 Å². The first-order valence-corrected chi connectivity index (χ1v) is 8.47. The van der Waals surface area contributed by atoms with E-state index >= 15 is 0 Å². The Balaban J connectivity index is 1.86. The minimum atomic E-state index is -4.54. The molecule has 2 heterocycles. The molecule has 0 saturated heterocycles. The molecule has 0 unspecified atom stereocenters. The van der Waals surface area contributed by atoms with E-state index in [1.807, 2.05) is 6.07 Å². The van der Waals surface area contributed by atoms with Gasteiger partial charge in [0.2, 0.25) is 11.8 Å². The summed E-state index contributed by atoms with van der Waals surface area (Å²) in [5.74, 6) is -0.399. The summed E-state index contributed by atoms with van der Waals surface area (Å²) < 4.78 is 85.1. The van der Waals surface area contributed by atoms with Gasteiger partial charge >= 0.3 is 12.4 Å². The third-order valence-corrected chi connectivity index (χ3v) is 3.75. The van der Waals surface area contributed by atoms with Crippen molar-refractivity contribution in [3.05, 3.63) is 65.9 Å². The summed E-state index contributed by atoms with van der Waals surface area (Å²) in [6.45, 7) is -1.54. The van der Waals surface area contributed by atoms with Crippen LogP contribution in [0.2, 0.25) is 0 Å². The van der Waals surface area contributed by atoms with Crippen LogP contribution in [0.3, 0.4) is 0 Å². The van der Waals surface area contributed by atoms with Gasteiger partial charge in [-0.25, -0.2) is 9.97 Å². The van der Waals surface area contributed by atoms with Gasteiger partial charge < -0.3 is 9.47 Å². The standard InChI is InChI=1S/C20H11F6N3O2/c21-19(22,23)11-30-17-9-15(5-6-28-17)31-18-8-12(10-27)7-16(29-18)13-1-3-14(4-2-13)20(24,25)26/h1-9H,11H2. The highest BCUT2D eigenvalue weighted by Gasteiger charge is 2.30. The van der Waals surface area contributed by atoms with E-state index in [4.69, 9.17) is 4.74 Å². The molecule has 0 saturated carbocycles. The lowest BCUT2D eigenvalue weighted by molar-refractivity contribution is -0.154. The Hall–Kier alpha value is -3.81. The Morgan fingerprint density at radius 3 is 2.23 bits per heavy atom. The van der Waals surface area contributed by atoms with E-state index in [0.29, 0.717) is 5.56 Å². The average Bonchev–Trinajstić information content (AvgIpc) is 2.71. The minimum Gasteiger partial charge on any atom is -0.468 e. The summed E-state index contributed by atoms with van der Waals surface area (Å²) in [5.41, 5.74) is -0.251. The highest BCUT2D eigenvalue weighted by Crippen LogP contribution is 2.32. The predicted octanol–water partition coefficient (Wildman–Crippen LogP) is 5.77. The Kier molecular flexibility index (Phi) is 6.01. The van der Waals surface area contributed by atoms with Crippen molar-refractivity contribution in [3.63, 3.8) is 0 Å². The second-order valence-corrected chi connectivity index (χ2v) is 6.10. The normalized spacial score (nSPS) is 11.6. The van der Waals surface area contributed by atoms with Crippen LogP contribution < -0.4 is 9.47 Å². The minimum absolute atomic E-state index is 0.0353. The van der Waals surface area contributed by atoms with Gasteiger partial charge in [0.05, 0.1) is 22.9 Å². The number of nitriles is 1. The van der Waals surface area contributed by atoms with Crippen molar-refractivity contribution in [1.82, 2.24) is 9.97 Å². The molecular formula is C20H11F6N3O2. The van der Waals surface area contributed by atoms with Gasteiger partial charge in [-0.3, -0.25) is 0 Å². The van der Waals surface area contributed by atoms with Gasteiger partial charge in [0.1, 0.15) is 5.75 Å². The maximum atomic E-state index is 12.7. The maximum absolute atomic E-state index is 12.7. The number of pyridine rings is 2. The maximum Gasteiger partial charge on any atom is 0.422 e. The molecule has 0 aliphatic carbocycles. The van der Waals surface area contributed by atoms with Gasteiger partial charge in [-0.2, -0.15) is 31.6 Å². The van der Waals surface area contributed by atoms with Gasteiger partial charge in [-0.15, -0.1) is 0 Å². The number of ether oxygens (including phenoxy) is 2. The summed E-state index contributed by atoms with van der Waals surface area (Å²) in [5, 5.41) is 9.22. The van der Waals surface area contributed by atoms with Crippen LogP contribution in [-0.2, 0) is 6.18 Å². The lowest BCUT2D eigenvalue weighted by Crippen LogP contribution is -2.19. The van der Waals surface area contributed by atoms with Gasteiger partial charge in [0, 0.05) is 23.9 Å². The van der Waals surface area contributed by atoms with Crippen LogP contribution >= 0.6 is 0 Å². The fraction of sp³-hybridized carbons (Fsp3) is 0.150. The molecule has 0 aliphatic heterocycles. The van der Waals surface area contributed by atoms with Crippen molar-refractivity contribution in [3.8, 4) is 34.8 Å². The van der Waals surface area contributed by atoms with Gasteiger partial charge in [-0.1, -0.05) is 12.1 Å². The summed E-state index contributed by atoms with van der Waals surface area (Å²) >= 11 is 0. The Labute approximate surface area is 171 Å². The van der Waals surface area contributed by atoms with Crippen molar-refractivity contribution >= 4 is 0 Å². The third kappa shape index (κ3) is 6.08. The number of hydrogen-bond acceptors (Lipinski definition) is 5. The molecule has 1 aromatic carbocycles. The summed E-state index contributed by atoms with van der Waals surface area (Å²) in [4.78, 5) is 7.80. The summed E-state index contributed by atoms with van der Waals surface area (Å²) in [7, 11) is 0. The number of benzene rings is 1. The predicted molar refractivity (Wildman–Crippen MR) is 95.3 cm³/mol. The number of alkyl halides is 6. The average molecular weight is 439 g/mol. The van der Waals surface area contributed by atoms with Crippen LogP contribution in [0.15, 0.2) is 54.7 Å². The molecule has 0 fully saturated rings. The van der Waals surface area contributed by atoms with Gasteiger partial charge in [-0.05, 0) is 24.3 Å². The first kappa shape index (κ1) is 21.9. The highest BCUT2D eigenvalue weighted by molar-refractivity contribution is 5.62. The first-order valence-electron chi connectivity index (χ1n) is 8.47. The zero-order chi connectivity index (χ0) is 22.6. The SMILES string of the molecule is N#Cc1cc(Oc2ccnc(OCC(F)(F)F)c2)nc(-c2ccc(C(F)(F)F)cc2)c1. The van der Waals surface area contributed by atoms with Crippen LogP contribution in [0.5, 0.6) is 17.5 Å². The molecule has 0 atom stereocenters. The Morgan fingerprint density at radius 1 is 0.903 bits per heavy atom. The van der Waals surface area contributed by atoms with Crippen LogP contribution in [0.25, 0.3) is 11.3 Å². The summed E-state index contributed by atoms with van der Waals surface area (Å²) in [6, 6.07) is 11.1. The monoisotopic (exact) mass is 439 g/mol. The molecule has 0 N–H and O–H groups in total. The Bertz CT molecular complexity index is 1110. The van der Waals surface area contributed by atoms with Crippen molar-refractivity contribution in [1.29, 1.82) is 5.26 Å². The highest BCUT2D eigenvalue weighted by atomic mass is 19.4. The van der Waals surface area contributed by atoms with Crippen LogP contribution in [0, 0.1) is 11.3 Å². The number of halogens is 6. The van der Waals surface area contributed by atoms with Crippen LogP contribution in [0.1, 0.15) is 11.1 Å². The molecule has 0 aliphatic rings. The van der Waals surface area contributed by atoms with E-state index in [0.717, 1.165) is 24.4 Å². The lowest BCUT2D eigenvalue weighted by atomic mass is 10.1. The summed E-state index contributed by atoms with van der Waals surface area (Å²) in [6.07, 6.45) is -7.88. The number of hydrogen-bond donors (Lipinski definition) is 0. The van der Waals surface area contributed by atoms with Crippen molar-refractivity contribution in [2.24, 2.45) is 0 Å². The van der Waals surface area contributed by atoms with E-state index in [2.05, 4.69) is 14.7 Å². The first-order chi connectivity index (χ1) is 14.5. The second kappa shape index (κ2) is 8.51. The van der Waals surface area contributed by atoms with Crippen LogP contribution in [0.4, 0.5) is 26.3 Å². The smallest absolute Gasteiger partial charge is 0.422 e. The van der Waals surface area contributed by atoms with Crippen molar-refractivity contribution in [2.45, 2.75) is 12.4 Å². The quantitative estimate of drug-likeness (QED) is 0.473. The molecule has 31 heavy (non-hydrogen) atoms. The van der Waals surface area contributed by atoms with E-state index in [1.54, 1.807) is 0 Å². The van der Waals surface area contributed by atoms with Gasteiger partial charge in [0.15, 0.2) is 6.61 Å². The molecule has 2 aromatic heterocycles.